The van der Waals surface area contributed by atoms with Crippen LogP contribution in [0.5, 0.6) is 5.75 Å². The molecule has 1 aliphatic heterocycles. The fraction of sp³-hybridized carbons (Fsp3) is 0.318. The summed E-state index contributed by atoms with van der Waals surface area (Å²) in [4.78, 5) is 37.4. The fourth-order valence-corrected chi connectivity index (χ4v) is 3.61. The molecule has 0 saturated heterocycles. The smallest absolute Gasteiger partial charge is 0.306 e. The van der Waals surface area contributed by atoms with Crippen LogP contribution in [0.1, 0.15) is 40.4 Å². The fourth-order valence-electron chi connectivity index (χ4n) is 3.43. The summed E-state index contributed by atoms with van der Waals surface area (Å²) in [6, 6.07) is 11.8. The van der Waals surface area contributed by atoms with Crippen LogP contribution in [-0.4, -0.2) is 33.8 Å². The summed E-state index contributed by atoms with van der Waals surface area (Å²) in [6.07, 6.45) is -0.0481. The van der Waals surface area contributed by atoms with Gasteiger partial charge in [0.05, 0.1) is 12.5 Å². The molecule has 1 aliphatic rings. The molecule has 1 heterocycles. The minimum Gasteiger partial charge on any atom is -0.489 e. The SMILES string of the molecule is CC(CC(C(N)=O)N1Cc2c(OCc3ccc(CCl)cc3)cccc2C1=O)C(=O)O. The lowest BCUT2D eigenvalue weighted by molar-refractivity contribution is -0.142. The molecule has 2 aromatic carbocycles. The molecule has 0 bridgehead atoms. The van der Waals surface area contributed by atoms with Gasteiger partial charge in [-0.25, -0.2) is 0 Å². The van der Waals surface area contributed by atoms with E-state index in [9.17, 15) is 14.4 Å². The zero-order valence-electron chi connectivity index (χ0n) is 16.5. The topological polar surface area (TPSA) is 110 Å². The first-order valence-corrected chi connectivity index (χ1v) is 10.1. The average molecular weight is 431 g/mol. The van der Waals surface area contributed by atoms with Gasteiger partial charge >= 0.3 is 5.97 Å². The molecule has 0 fully saturated rings. The molecular weight excluding hydrogens is 408 g/mol. The van der Waals surface area contributed by atoms with Crippen molar-refractivity contribution in [3.63, 3.8) is 0 Å². The number of hydrogen-bond donors (Lipinski definition) is 2. The lowest BCUT2D eigenvalue weighted by Gasteiger charge is -2.26. The zero-order chi connectivity index (χ0) is 21.8. The Labute approximate surface area is 179 Å². The van der Waals surface area contributed by atoms with Gasteiger partial charge in [0.25, 0.3) is 5.91 Å². The summed E-state index contributed by atoms with van der Waals surface area (Å²) in [5.74, 6) is -1.97. The number of carbonyl (C=O) groups excluding carboxylic acids is 2. The molecule has 2 aromatic rings. The van der Waals surface area contributed by atoms with Crippen LogP contribution in [0.4, 0.5) is 0 Å². The van der Waals surface area contributed by atoms with Crippen LogP contribution >= 0.6 is 11.6 Å². The quantitative estimate of drug-likeness (QED) is 0.594. The van der Waals surface area contributed by atoms with Crippen molar-refractivity contribution in [2.45, 2.75) is 38.4 Å². The number of carbonyl (C=O) groups is 3. The Hall–Kier alpha value is -3.06. The number of benzene rings is 2. The molecule has 0 radical (unpaired) electrons. The molecule has 3 N–H and O–H groups in total. The van der Waals surface area contributed by atoms with E-state index in [1.807, 2.05) is 24.3 Å². The van der Waals surface area contributed by atoms with Crippen LogP contribution < -0.4 is 10.5 Å². The van der Waals surface area contributed by atoms with Crippen molar-refractivity contribution in [2.24, 2.45) is 11.7 Å². The summed E-state index contributed by atoms with van der Waals surface area (Å²) < 4.78 is 5.94. The number of primary amides is 1. The van der Waals surface area contributed by atoms with Gasteiger partial charge in [-0.2, -0.15) is 0 Å². The number of carboxylic acids is 1. The van der Waals surface area contributed by atoms with E-state index in [-0.39, 0.29) is 18.9 Å². The van der Waals surface area contributed by atoms with Gasteiger partial charge in [-0.1, -0.05) is 37.3 Å². The van der Waals surface area contributed by atoms with E-state index in [0.717, 1.165) is 11.1 Å². The van der Waals surface area contributed by atoms with E-state index >= 15 is 0 Å². The minimum absolute atomic E-state index is 0.0481. The summed E-state index contributed by atoms with van der Waals surface area (Å²) in [5, 5.41) is 9.17. The predicted molar refractivity (Wildman–Crippen MR) is 111 cm³/mol. The monoisotopic (exact) mass is 430 g/mol. The first-order chi connectivity index (χ1) is 14.3. The lowest BCUT2D eigenvalue weighted by atomic mass is 10.0. The van der Waals surface area contributed by atoms with Gasteiger partial charge in [-0.05, 0) is 29.7 Å². The van der Waals surface area contributed by atoms with Crippen molar-refractivity contribution in [3.05, 3.63) is 64.7 Å². The van der Waals surface area contributed by atoms with E-state index in [0.29, 0.717) is 29.4 Å². The standard InChI is InChI=1S/C22H23ClN2O5/c1-13(22(28)29)9-18(20(24)26)25-11-17-16(21(25)27)3-2-4-19(17)30-12-15-7-5-14(10-23)6-8-15/h2-8,13,18H,9-12H2,1H3,(H2,24,26)(H,28,29). The minimum atomic E-state index is -1.05. The van der Waals surface area contributed by atoms with Crippen molar-refractivity contribution >= 4 is 29.4 Å². The average Bonchev–Trinajstić information content (AvgIpc) is 3.07. The van der Waals surface area contributed by atoms with Gasteiger partial charge in [0.2, 0.25) is 5.91 Å². The van der Waals surface area contributed by atoms with Crippen LogP contribution in [0, 0.1) is 5.92 Å². The second-order valence-corrected chi connectivity index (χ2v) is 7.61. The summed E-state index contributed by atoms with van der Waals surface area (Å²) >= 11 is 5.81. The van der Waals surface area contributed by atoms with Crippen LogP contribution in [0.25, 0.3) is 0 Å². The third kappa shape index (κ3) is 4.57. The normalized spacial score (nSPS) is 14.9. The summed E-state index contributed by atoms with van der Waals surface area (Å²) in [5.41, 5.74) is 8.54. The summed E-state index contributed by atoms with van der Waals surface area (Å²) in [6.45, 7) is 1.92. The van der Waals surface area contributed by atoms with Crippen LogP contribution in [0.15, 0.2) is 42.5 Å². The number of nitrogens with two attached hydrogens (primary N) is 1. The molecule has 8 heteroatoms. The third-order valence-corrected chi connectivity index (χ3v) is 5.54. The second kappa shape index (κ2) is 9.17. The first-order valence-electron chi connectivity index (χ1n) is 9.53. The molecule has 0 saturated carbocycles. The summed E-state index contributed by atoms with van der Waals surface area (Å²) in [7, 11) is 0. The number of amides is 2. The Morgan fingerprint density at radius 2 is 1.87 bits per heavy atom. The molecule has 0 spiro atoms. The van der Waals surface area contributed by atoms with Crippen molar-refractivity contribution in [1.29, 1.82) is 0 Å². The Balaban J connectivity index is 1.78. The number of halogens is 1. The van der Waals surface area contributed by atoms with Crippen molar-refractivity contribution in [2.75, 3.05) is 0 Å². The highest BCUT2D eigenvalue weighted by molar-refractivity contribution is 6.17. The van der Waals surface area contributed by atoms with Crippen LogP contribution in [0.3, 0.4) is 0 Å². The molecule has 0 aliphatic carbocycles. The maximum Gasteiger partial charge on any atom is 0.306 e. The number of fused-ring (bicyclic) bond motifs is 1. The van der Waals surface area contributed by atoms with Crippen molar-refractivity contribution in [1.82, 2.24) is 4.90 Å². The Bertz CT molecular complexity index is 961. The van der Waals surface area contributed by atoms with Gasteiger partial charge in [0.15, 0.2) is 0 Å². The second-order valence-electron chi connectivity index (χ2n) is 7.35. The highest BCUT2D eigenvalue weighted by Gasteiger charge is 2.38. The van der Waals surface area contributed by atoms with E-state index in [1.54, 1.807) is 18.2 Å². The van der Waals surface area contributed by atoms with Crippen molar-refractivity contribution < 1.29 is 24.2 Å². The largest absolute Gasteiger partial charge is 0.489 e. The molecule has 7 nitrogen and oxygen atoms in total. The molecule has 30 heavy (non-hydrogen) atoms. The number of aliphatic carboxylic acids is 1. The van der Waals surface area contributed by atoms with Crippen LogP contribution in [-0.2, 0) is 28.6 Å². The maximum atomic E-state index is 12.9. The third-order valence-electron chi connectivity index (χ3n) is 5.23. The highest BCUT2D eigenvalue weighted by Crippen LogP contribution is 2.33. The molecular formula is C22H23ClN2O5. The van der Waals surface area contributed by atoms with Gasteiger partial charge in [-0.15, -0.1) is 11.6 Å². The number of rotatable bonds is 9. The van der Waals surface area contributed by atoms with Gasteiger partial charge in [0, 0.05) is 17.0 Å². The molecule has 0 aromatic heterocycles. The Kier molecular flexibility index (Phi) is 6.62. The van der Waals surface area contributed by atoms with E-state index in [4.69, 9.17) is 27.2 Å². The number of carboxylic acid groups (broad SMARTS) is 1. The molecule has 2 atom stereocenters. The molecule has 3 rings (SSSR count). The maximum absolute atomic E-state index is 12.9. The molecule has 2 unspecified atom stereocenters. The number of nitrogens with zero attached hydrogens (tertiary/aromatic N) is 1. The number of alkyl halides is 1. The van der Waals surface area contributed by atoms with Gasteiger partial charge in [0.1, 0.15) is 18.4 Å². The zero-order valence-corrected chi connectivity index (χ0v) is 17.3. The van der Waals surface area contributed by atoms with Crippen molar-refractivity contribution in [3.8, 4) is 5.75 Å². The van der Waals surface area contributed by atoms with E-state index in [1.165, 1.54) is 11.8 Å². The van der Waals surface area contributed by atoms with E-state index < -0.39 is 23.8 Å². The Morgan fingerprint density at radius 1 is 1.20 bits per heavy atom. The van der Waals surface area contributed by atoms with Gasteiger partial charge < -0.3 is 20.5 Å². The Morgan fingerprint density at radius 3 is 2.47 bits per heavy atom. The number of hydrogen-bond acceptors (Lipinski definition) is 4. The first kappa shape index (κ1) is 21.6. The lowest BCUT2D eigenvalue weighted by Crippen LogP contribution is -2.46. The van der Waals surface area contributed by atoms with E-state index in [2.05, 4.69) is 0 Å². The molecule has 158 valence electrons. The number of ether oxygens (including phenoxy) is 1. The predicted octanol–water partition coefficient (Wildman–Crippen LogP) is 2.92. The highest BCUT2D eigenvalue weighted by atomic mass is 35.5. The van der Waals surface area contributed by atoms with Crippen LogP contribution in [0.2, 0.25) is 0 Å². The molecule has 2 amide bonds. The van der Waals surface area contributed by atoms with Gasteiger partial charge in [-0.3, -0.25) is 14.4 Å².